The van der Waals surface area contributed by atoms with Gasteiger partial charge in [-0.3, -0.25) is 4.90 Å². The molecule has 0 aliphatic carbocycles. The molecule has 2 rings (SSSR count). The summed E-state index contributed by atoms with van der Waals surface area (Å²) in [6.07, 6.45) is 0.909. The molecule has 0 fully saturated rings. The molecule has 116 valence electrons. The van der Waals surface area contributed by atoms with Crippen LogP contribution in [0.3, 0.4) is 0 Å². The van der Waals surface area contributed by atoms with E-state index in [2.05, 4.69) is 29.6 Å². The predicted molar refractivity (Wildman–Crippen MR) is 87.0 cm³/mol. The third-order valence-electron chi connectivity index (χ3n) is 3.44. The summed E-state index contributed by atoms with van der Waals surface area (Å²) < 4.78 is 6.97. The zero-order valence-corrected chi connectivity index (χ0v) is 13.0. The maximum atomic E-state index is 8.92. The molecule has 5 heteroatoms. The van der Waals surface area contributed by atoms with Crippen molar-refractivity contribution in [2.24, 2.45) is 0 Å². The van der Waals surface area contributed by atoms with Crippen LogP contribution in [-0.2, 0) is 11.2 Å². The fourth-order valence-electron chi connectivity index (χ4n) is 2.28. The van der Waals surface area contributed by atoms with E-state index in [1.165, 1.54) is 15.6 Å². The number of thiophene rings is 1. The molecule has 0 atom stereocenters. The van der Waals surface area contributed by atoms with Crippen molar-refractivity contribution in [2.75, 3.05) is 46.1 Å². The molecule has 1 heterocycles. The lowest BCUT2D eigenvalue weighted by Crippen LogP contribution is -2.33. The molecule has 1 aromatic heterocycles. The minimum atomic E-state index is 0.112. The van der Waals surface area contributed by atoms with Gasteiger partial charge in [0, 0.05) is 24.3 Å². The minimum Gasteiger partial charge on any atom is -0.395 e. The number of aliphatic hydroxyl groups is 2. The first kappa shape index (κ1) is 16.4. The van der Waals surface area contributed by atoms with Crippen molar-refractivity contribution in [3.05, 3.63) is 35.2 Å². The van der Waals surface area contributed by atoms with E-state index in [1.807, 2.05) is 4.90 Å². The van der Waals surface area contributed by atoms with Crippen LogP contribution < -0.4 is 0 Å². The molecule has 1 aromatic carbocycles. The highest BCUT2D eigenvalue weighted by molar-refractivity contribution is 7.17. The molecular formula is C16H23NO3S. The number of ether oxygens (including phenoxy) is 1. The lowest BCUT2D eigenvalue weighted by atomic mass is 10.1. The van der Waals surface area contributed by atoms with Crippen LogP contribution in [0, 0.1) is 0 Å². The van der Waals surface area contributed by atoms with Crippen molar-refractivity contribution < 1.29 is 14.9 Å². The van der Waals surface area contributed by atoms with Crippen LogP contribution in [-0.4, -0.2) is 61.2 Å². The Morgan fingerprint density at radius 2 is 1.81 bits per heavy atom. The summed E-state index contributed by atoms with van der Waals surface area (Å²) in [5.41, 5.74) is 1.29. The number of hydrogen-bond acceptors (Lipinski definition) is 5. The Morgan fingerprint density at radius 3 is 2.57 bits per heavy atom. The van der Waals surface area contributed by atoms with Crippen LogP contribution in [0.5, 0.6) is 0 Å². The van der Waals surface area contributed by atoms with Gasteiger partial charge in [0.05, 0.1) is 26.4 Å². The van der Waals surface area contributed by atoms with Gasteiger partial charge in [0.1, 0.15) is 0 Å². The third-order valence-corrected chi connectivity index (χ3v) is 4.33. The van der Waals surface area contributed by atoms with Gasteiger partial charge < -0.3 is 14.9 Å². The van der Waals surface area contributed by atoms with Crippen LogP contribution in [0.4, 0.5) is 0 Å². The highest BCUT2D eigenvalue weighted by Crippen LogP contribution is 2.21. The van der Waals surface area contributed by atoms with Crippen LogP contribution in [0.25, 0.3) is 10.1 Å². The molecule has 0 radical (unpaired) electrons. The zero-order valence-electron chi connectivity index (χ0n) is 12.2. The van der Waals surface area contributed by atoms with Crippen molar-refractivity contribution in [1.29, 1.82) is 0 Å². The van der Waals surface area contributed by atoms with E-state index in [-0.39, 0.29) is 13.2 Å². The summed E-state index contributed by atoms with van der Waals surface area (Å²) in [7, 11) is 0. The van der Waals surface area contributed by atoms with Crippen molar-refractivity contribution in [3.63, 3.8) is 0 Å². The molecule has 4 nitrogen and oxygen atoms in total. The predicted octanol–water partition coefficient (Wildman–Crippen LogP) is 1.75. The van der Waals surface area contributed by atoms with Crippen LogP contribution in [0.2, 0.25) is 0 Å². The van der Waals surface area contributed by atoms with Gasteiger partial charge >= 0.3 is 0 Å². The Labute approximate surface area is 129 Å². The summed E-state index contributed by atoms with van der Waals surface area (Å²) in [6, 6.07) is 8.69. The average molecular weight is 309 g/mol. The van der Waals surface area contributed by atoms with E-state index in [4.69, 9.17) is 14.9 Å². The molecule has 0 unspecified atom stereocenters. The Kier molecular flexibility index (Phi) is 7.12. The van der Waals surface area contributed by atoms with E-state index in [9.17, 15) is 0 Å². The quantitative estimate of drug-likeness (QED) is 0.657. The van der Waals surface area contributed by atoms with Gasteiger partial charge in [-0.2, -0.15) is 0 Å². The molecule has 21 heavy (non-hydrogen) atoms. The standard InChI is InChI=1S/C16H23NO3S/c18-8-5-17(6-9-19)7-11-20-10-3-14-1-2-16-15(13-14)4-12-21-16/h1-2,4,12-13,18-19H,3,5-11H2. The third kappa shape index (κ3) is 5.37. The molecule has 2 N–H and O–H groups in total. The van der Waals surface area contributed by atoms with Crippen LogP contribution >= 0.6 is 11.3 Å². The van der Waals surface area contributed by atoms with Gasteiger partial charge in [0.15, 0.2) is 0 Å². The number of hydrogen-bond donors (Lipinski definition) is 2. The summed E-state index contributed by atoms with van der Waals surface area (Å²) in [5, 5.41) is 21.3. The number of nitrogens with zero attached hydrogens (tertiary/aromatic N) is 1. The fourth-order valence-corrected chi connectivity index (χ4v) is 3.05. The molecule has 2 aromatic rings. The minimum absolute atomic E-state index is 0.112. The van der Waals surface area contributed by atoms with Gasteiger partial charge in [-0.15, -0.1) is 11.3 Å². The summed E-state index contributed by atoms with van der Waals surface area (Å²) in [5.74, 6) is 0. The van der Waals surface area contributed by atoms with E-state index >= 15 is 0 Å². The van der Waals surface area contributed by atoms with Crippen molar-refractivity contribution >= 4 is 21.4 Å². The summed E-state index contributed by atoms with van der Waals surface area (Å²) in [6.45, 7) is 3.45. The fraction of sp³-hybridized carbons (Fsp3) is 0.500. The molecule has 0 aliphatic heterocycles. The van der Waals surface area contributed by atoms with Gasteiger partial charge in [-0.1, -0.05) is 12.1 Å². The molecule has 0 bridgehead atoms. The monoisotopic (exact) mass is 309 g/mol. The first-order chi connectivity index (χ1) is 10.3. The maximum absolute atomic E-state index is 8.92. The maximum Gasteiger partial charge on any atom is 0.0593 e. The summed E-state index contributed by atoms with van der Waals surface area (Å²) in [4.78, 5) is 2.00. The Morgan fingerprint density at radius 1 is 1.00 bits per heavy atom. The second-order valence-corrected chi connectivity index (χ2v) is 5.89. The van der Waals surface area contributed by atoms with E-state index < -0.39 is 0 Å². The van der Waals surface area contributed by atoms with Gasteiger partial charge in [0.2, 0.25) is 0 Å². The number of aliphatic hydroxyl groups excluding tert-OH is 2. The number of fused-ring (bicyclic) bond motifs is 1. The molecule has 0 aliphatic rings. The number of benzene rings is 1. The van der Waals surface area contributed by atoms with E-state index in [0.717, 1.165) is 13.0 Å². The van der Waals surface area contributed by atoms with Crippen molar-refractivity contribution in [3.8, 4) is 0 Å². The molecule has 0 spiro atoms. The molecule has 0 saturated heterocycles. The second kappa shape index (κ2) is 9.12. The first-order valence-corrected chi connectivity index (χ1v) is 8.19. The van der Waals surface area contributed by atoms with Gasteiger partial charge in [0.25, 0.3) is 0 Å². The smallest absolute Gasteiger partial charge is 0.0593 e. The Hall–Kier alpha value is -0.980. The Balaban J connectivity index is 1.66. The van der Waals surface area contributed by atoms with Crippen LogP contribution in [0.1, 0.15) is 5.56 Å². The SMILES string of the molecule is OCCN(CCO)CCOCCc1ccc2sccc2c1. The number of rotatable bonds is 10. The Bertz CT molecular complexity index is 523. The van der Waals surface area contributed by atoms with Gasteiger partial charge in [-0.05, 0) is 34.9 Å². The lowest BCUT2D eigenvalue weighted by Gasteiger charge is -2.19. The van der Waals surface area contributed by atoms with Crippen molar-refractivity contribution in [1.82, 2.24) is 4.90 Å². The molecule has 0 amide bonds. The van der Waals surface area contributed by atoms with Crippen LogP contribution in [0.15, 0.2) is 29.6 Å². The van der Waals surface area contributed by atoms with E-state index in [0.29, 0.717) is 26.3 Å². The van der Waals surface area contributed by atoms with Crippen molar-refractivity contribution in [2.45, 2.75) is 6.42 Å². The average Bonchev–Trinajstić information content (AvgIpc) is 2.95. The first-order valence-electron chi connectivity index (χ1n) is 7.31. The van der Waals surface area contributed by atoms with Gasteiger partial charge in [-0.25, -0.2) is 0 Å². The highest BCUT2D eigenvalue weighted by atomic mass is 32.1. The topological polar surface area (TPSA) is 52.9 Å². The molecular weight excluding hydrogens is 286 g/mol. The highest BCUT2D eigenvalue weighted by Gasteiger charge is 2.03. The largest absolute Gasteiger partial charge is 0.395 e. The van der Waals surface area contributed by atoms with E-state index in [1.54, 1.807) is 11.3 Å². The molecule has 0 saturated carbocycles. The zero-order chi connectivity index (χ0) is 14.9. The normalized spacial score (nSPS) is 11.6. The lowest BCUT2D eigenvalue weighted by molar-refractivity contribution is 0.0886. The summed E-state index contributed by atoms with van der Waals surface area (Å²) >= 11 is 1.76. The second-order valence-electron chi connectivity index (χ2n) is 4.94.